The number of hydrogen-bond acceptors (Lipinski definition) is 4. The molecule has 0 aromatic heterocycles. The summed E-state index contributed by atoms with van der Waals surface area (Å²) in [4.78, 5) is 19.1. The molecule has 1 saturated heterocycles. The maximum absolute atomic E-state index is 12.9. The minimum absolute atomic E-state index is 0.300. The average Bonchev–Trinajstić information content (AvgIpc) is 2.95. The number of aliphatic imine (C=N–C) groups is 1. The first-order valence-electron chi connectivity index (χ1n) is 8.40. The van der Waals surface area contributed by atoms with Crippen molar-refractivity contribution in [1.29, 1.82) is 0 Å². The molecule has 1 fully saturated rings. The van der Waals surface area contributed by atoms with Crippen molar-refractivity contribution in [3.63, 3.8) is 0 Å². The second-order valence-electron chi connectivity index (χ2n) is 5.91. The van der Waals surface area contributed by atoms with Gasteiger partial charge in [-0.05, 0) is 47.7 Å². The maximum Gasteiger partial charge on any atom is 0.416 e. The van der Waals surface area contributed by atoms with E-state index in [1.807, 2.05) is 18.2 Å². The molecule has 1 aliphatic heterocycles. The smallest absolute Gasteiger partial charge is 0.383 e. The number of benzene rings is 2. The highest BCUT2D eigenvalue weighted by Gasteiger charge is 2.34. The number of para-hydroxylation sites is 1. The number of ether oxygens (including phenoxy) is 1. The number of hydrogen-bond donors (Lipinski definition) is 0. The quantitative estimate of drug-likeness (QED) is 0.660. The van der Waals surface area contributed by atoms with Gasteiger partial charge in [0.15, 0.2) is 5.17 Å². The van der Waals surface area contributed by atoms with Gasteiger partial charge < -0.3 is 4.74 Å². The minimum atomic E-state index is -4.44. The van der Waals surface area contributed by atoms with Gasteiger partial charge in [0.1, 0.15) is 0 Å². The fraction of sp³-hybridized carbons (Fsp3) is 0.200. The number of carbonyl (C=O) groups is 1. The lowest BCUT2D eigenvalue weighted by atomic mass is 10.1. The van der Waals surface area contributed by atoms with Crippen LogP contribution in [0.4, 0.5) is 18.9 Å². The topological polar surface area (TPSA) is 41.9 Å². The summed E-state index contributed by atoms with van der Waals surface area (Å²) < 4.78 is 43.8. The summed E-state index contributed by atoms with van der Waals surface area (Å²) in [5.74, 6) is -0.311. The molecule has 146 valence electrons. The molecule has 2 aromatic rings. The van der Waals surface area contributed by atoms with Gasteiger partial charge >= 0.3 is 6.18 Å². The van der Waals surface area contributed by atoms with Crippen LogP contribution in [0.5, 0.6) is 0 Å². The van der Waals surface area contributed by atoms with Crippen molar-refractivity contribution in [2.45, 2.75) is 6.18 Å². The van der Waals surface area contributed by atoms with Crippen LogP contribution in [0, 0.1) is 0 Å². The van der Waals surface area contributed by atoms with E-state index in [2.05, 4.69) is 4.99 Å². The Morgan fingerprint density at radius 3 is 2.57 bits per heavy atom. The van der Waals surface area contributed by atoms with Crippen LogP contribution in [0.2, 0.25) is 0 Å². The molecular formula is C20H17F3N2O2S. The first kappa shape index (κ1) is 20.2. The molecule has 2 aromatic carbocycles. The van der Waals surface area contributed by atoms with E-state index in [0.29, 0.717) is 34.5 Å². The summed E-state index contributed by atoms with van der Waals surface area (Å²) in [7, 11) is 1.53. The summed E-state index contributed by atoms with van der Waals surface area (Å²) in [5.41, 5.74) is 0.227. The molecule has 0 N–H and O–H groups in total. The van der Waals surface area contributed by atoms with Gasteiger partial charge in [-0.2, -0.15) is 13.2 Å². The number of rotatable bonds is 5. The number of nitrogens with zero attached hydrogens (tertiary/aromatic N) is 2. The van der Waals surface area contributed by atoms with E-state index in [4.69, 9.17) is 4.74 Å². The molecule has 0 saturated carbocycles. The van der Waals surface area contributed by atoms with Crippen molar-refractivity contribution in [1.82, 2.24) is 4.90 Å². The van der Waals surface area contributed by atoms with Gasteiger partial charge in [-0.15, -0.1) is 0 Å². The third-order valence-corrected chi connectivity index (χ3v) is 4.91. The van der Waals surface area contributed by atoms with Crippen molar-refractivity contribution >= 4 is 34.6 Å². The van der Waals surface area contributed by atoms with E-state index >= 15 is 0 Å². The molecule has 3 rings (SSSR count). The molecule has 8 heteroatoms. The SMILES string of the molecule is COCCN1C(=O)/C(=C\c2cccc(C(F)(F)F)c2)SC1=Nc1ccccc1. The zero-order chi connectivity index (χ0) is 20.1. The number of amides is 1. The van der Waals surface area contributed by atoms with Crippen LogP contribution in [0.25, 0.3) is 6.08 Å². The Morgan fingerprint density at radius 2 is 1.89 bits per heavy atom. The molecule has 0 radical (unpaired) electrons. The van der Waals surface area contributed by atoms with E-state index < -0.39 is 11.7 Å². The molecule has 4 nitrogen and oxygen atoms in total. The monoisotopic (exact) mass is 406 g/mol. The predicted molar refractivity (Wildman–Crippen MR) is 104 cm³/mol. The minimum Gasteiger partial charge on any atom is -0.383 e. The summed E-state index contributed by atoms with van der Waals surface area (Å²) in [5, 5.41) is 0.464. The van der Waals surface area contributed by atoms with Crippen molar-refractivity contribution in [2.75, 3.05) is 20.3 Å². The first-order chi connectivity index (χ1) is 13.4. The van der Waals surface area contributed by atoms with Gasteiger partial charge in [-0.1, -0.05) is 30.3 Å². The highest BCUT2D eigenvalue weighted by Crippen LogP contribution is 2.35. The normalized spacial score (nSPS) is 17.7. The Morgan fingerprint density at radius 1 is 1.14 bits per heavy atom. The Balaban J connectivity index is 1.93. The van der Waals surface area contributed by atoms with Gasteiger partial charge in [0.25, 0.3) is 5.91 Å². The first-order valence-corrected chi connectivity index (χ1v) is 9.21. The third kappa shape index (κ3) is 4.82. The fourth-order valence-electron chi connectivity index (χ4n) is 2.54. The van der Waals surface area contributed by atoms with Crippen molar-refractivity contribution < 1.29 is 22.7 Å². The Bertz CT molecular complexity index is 911. The molecule has 0 unspecified atom stereocenters. The third-order valence-electron chi connectivity index (χ3n) is 3.90. The molecule has 0 atom stereocenters. The number of thioether (sulfide) groups is 1. The second kappa shape index (κ2) is 8.62. The van der Waals surface area contributed by atoms with Crippen LogP contribution < -0.4 is 0 Å². The lowest BCUT2D eigenvalue weighted by Crippen LogP contribution is -2.32. The standard InChI is InChI=1S/C20H17F3N2O2S/c1-27-11-10-25-18(26)17(28-19(25)24-16-8-3-2-4-9-16)13-14-6-5-7-15(12-14)20(21,22)23/h2-9,12-13H,10-11H2,1H3/b17-13+,24-19?. The number of amidine groups is 1. The molecule has 0 aliphatic carbocycles. The Labute approximate surface area is 164 Å². The summed E-state index contributed by atoms with van der Waals surface area (Å²) in [6, 6.07) is 14.0. The second-order valence-corrected chi connectivity index (χ2v) is 6.92. The van der Waals surface area contributed by atoms with Crippen LogP contribution in [-0.4, -0.2) is 36.2 Å². The lowest BCUT2D eigenvalue weighted by molar-refractivity contribution is -0.137. The maximum atomic E-state index is 12.9. The highest BCUT2D eigenvalue weighted by atomic mass is 32.2. The van der Waals surface area contributed by atoms with E-state index in [-0.39, 0.29) is 5.91 Å². The van der Waals surface area contributed by atoms with Gasteiger partial charge in [0.05, 0.1) is 29.3 Å². The predicted octanol–water partition coefficient (Wildman–Crippen LogP) is 4.96. The molecule has 28 heavy (non-hydrogen) atoms. The number of methoxy groups -OCH3 is 1. The molecule has 1 aliphatic rings. The lowest BCUT2D eigenvalue weighted by Gasteiger charge is -2.14. The Kier molecular flexibility index (Phi) is 6.21. The van der Waals surface area contributed by atoms with Crippen molar-refractivity contribution in [3.05, 3.63) is 70.6 Å². The Hall–Kier alpha value is -2.58. The molecule has 0 spiro atoms. The van der Waals surface area contributed by atoms with Crippen molar-refractivity contribution in [2.24, 2.45) is 4.99 Å². The molecule has 1 heterocycles. The summed E-state index contributed by atoms with van der Waals surface area (Å²) in [6.07, 6.45) is -2.98. The number of halogens is 3. The van der Waals surface area contributed by atoms with Gasteiger partial charge in [-0.3, -0.25) is 9.69 Å². The van der Waals surface area contributed by atoms with E-state index in [9.17, 15) is 18.0 Å². The van der Waals surface area contributed by atoms with Crippen LogP contribution in [-0.2, 0) is 15.7 Å². The number of alkyl halides is 3. The largest absolute Gasteiger partial charge is 0.416 e. The van der Waals surface area contributed by atoms with Crippen LogP contribution in [0.3, 0.4) is 0 Å². The van der Waals surface area contributed by atoms with Gasteiger partial charge in [0.2, 0.25) is 0 Å². The molecule has 1 amide bonds. The van der Waals surface area contributed by atoms with E-state index in [0.717, 1.165) is 23.9 Å². The van der Waals surface area contributed by atoms with Crippen LogP contribution >= 0.6 is 11.8 Å². The van der Waals surface area contributed by atoms with E-state index in [1.165, 1.54) is 30.2 Å². The van der Waals surface area contributed by atoms with Crippen molar-refractivity contribution in [3.8, 4) is 0 Å². The number of carbonyl (C=O) groups excluding carboxylic acids is 1. The average molecular weight is 406 g/mol. The summed E-state index contributed by atoms with van der Waals surface area (Å²) in [6.45, 7) is 0.616. The molecular weight excluding hydrogens is 389 g/mol. The zero-order valence-corrected chi connectivity index (χ0v) is 15.8. The highest BCUT2D eigenvalue weighted by molar-refractivity contribution is 8.18. The van der Waals surface area contributed by atoms with E-state index in [1.54, 1.807) is 12.1 Å². The summed E-state index contributed by atoms with van der Waals surface area (Å²) >= 11 is 1.13. The molecule has 0 bridgehead atoms. The zero-order valence-electron chi connectivity index (χ0n) is 14.9. The van der Waals surface area contributed by atoms with Crippen LogP contribution in [0.15, 0.2) is 64.5 Å². The van der Waals surface area contributed by atoms with Crippen LogP contribution in [0.1, 0.15) is 11.1 Å². The fourth-order valence-corrected chi connectivity index (χ4v) is 3.56. The van der Waals surface area contributed by atoms with Gasteiger partial charge in [-0.25, -0.2) is 4.99 Å². The van der Waals surface area contributed by atoms with Gasteiger partial charge in [0, 0.05) is 7.11 Å².